The summed E-state index contributed by atoms with van der Waals surface area (Å²) in [5, 5.41) is 2.93. The van der Waals surface area contributed by atoms with Crippen LogP contribution in [0.2, 0.25) is 0 Å². The maximum absolute atomic E-state index is 13.1. The summed E-state index contributed by atoms with van der Waals surface area (Å²) >= 11 is 0. The fourth-order valence-electron chi connectivity index (χ4n) is 3.86. The molecule has 0 radical (unpaired) electrons. The Bertz CT molecular complexity index is 1280. The molecule has 2 aromatic carbocycles. The minimum atomic E-state index is -3.82. The number of carbonyl (C=O) groups excluding carboxylic acids is 1. The Morgan fingerprint density at radius 2 is 1.97 bits per heavy atom. The zero-order valence-corrected chi connectivity index (χ0v) is 18.8. The number of hydrogen-bond donors (Lipinski definition) is 2. The number of carbonyl (C=O) groups is 1. The molecule has 170 valence electrons. The summed E-state index contributed by atoms with van der Waals surface area (Å²) in [6.07, 6.45) is 1.22. The Morgan fingerprint density at radius 1 is 1.22 bits per heavy atom. The summed E-state index contributed by atoms with van der Waals surface area (Å²) in [6.45, 7) is 0.842. The number of piperidine rings is 1. The average Bonchev–Trinajstić information content (AvgIpc) is 3.17. The maximum atomic E-state index is 13.1. The van der Waals surface area contributed by atoms with Crippen LogP contribution in [0.25, 0.3) is 11.1 Å². The van der Waals surface area contributed by atoms with E-state index in [1.54, 1.807) is 0 Å². The first-order chi connectivity index (χ1) is 15.2. The van der Waals surface area contributed by atoms with Crippen LogP contribution in [0, 0.1) is 5.92 Å². The van der Waals surface area contributed by atoms with Crippen LogP contribution in [-0.2, 0) is 21.4 Å². The second-order valence-electron chi connectivity index (χ2n) is 8.15. The van der Waals surface area contributed by atoms with Gasteiger partial charge in [-0.15, -0.1) is 0 Å². The van der Waals surface area contributed by atoms with Gasteiger partial charge in [0.15, 0.2) is 5.58 Å². The molecular formula is C22H26N4O5S. The van der Waals surface area contributed by atoms with Crippen LogP contribution in [0.4, 0.5) is 5.69 Å². The van der Waals surface area contributed by atoms with E-state index >= 15 is 0 Å². The van der Waals surface area contributed by atoms with Crippen molar-refractivity contribution in [1.82, 2.24) is 14.6 Å². The third-order valence-electron chi connectivity index (χ3n) is 5.70. The molecule has 0 spiro atoms. The molecule has 4 rings (SSSR count). The van der Waals surface area contributed by atoms with Crippen molar-refractivity contribution in [2.75, 3.05) is 32.1 Å². The first-order valence-electron chi connectivity index (χ1n) is 10.4. The number of hydrogen-bond acceptors (Lipinski definition) is 6. The summed E-state index contributed by atoms with van der Waals surface area (Å²) < 4.78 is 32.6. The van der Waals surface area contributed by atoms with Gasteiger partial charge < -0.3 is 14.6 Å². The third-order valence-corrected chi connectivity index (χ3v) is 7.57. The monoisotopic (exact) mass is 458 g/mol. The van der Waals surface area contributed by atoms with Gasteiger partial charge in [0.1, 0.15) is 0 Å². The highest BCUT2D eigenvalue weighted by molar-refractivity contribution is 7.89. The number of rotatable bonds is 6. The molecule has 0 bridgehead atoms. The van der Waals surface area contributed by atoms with E-state index in [2.05, 4.69) is 10.3 Å². The van der Waals surface area contributed by atoms with Crippen molar-refractivity contribution >= 4 is 32.7 Å². The normalized spacial score (nSPS) is 17.4. The van der Waals surface area contributed by atoms with Gasteiger partial charge in [-0.1, -0.05) is 12.1 Å². The van der Waals surface area contributed by atoms with Crippen LogP contribution in [0.3, 0.4) is 0 Å². The van der Waals surface area contributed by atoms with Gasteiger partial charge in [0.25, 0.3) is 0 Å². The number of aromatic nitrogens is 1. The fourth-order valence-corrected chi connectivity index (χ4v) is 5.40. The van der Waals surface area contributed by atoms with Crippen LogP contribution in [0.15, 0.2) is 56.6 Å². The van der Waals surface area contributed by atoms with Gasteiger partial charge >= 0.3 is 5.76 Å². The van der Waals surface area contributed by atoms with Crippen molar-refractivity contribution in [3.8, 4) is 0 Å². The van der Waals surface area contributed by atoms with E-state index in [4.69, 9.17) is 4.42 Å². The van der Waals surface area contributed by atoms with Crippen molar-refractivity contribution in [1.29, 1.82) is 0 Å². The number of aromatic amines is 1. The molecule has 32 heavy (non-hydrogen) atoms. The predicted octanol–water partition coefficient (Wildman–Crippen LogP) is 1.90. The van der Waals surface area contributed by atoms with E-state index in [1.807, 2.05) is 43.3 Å². The lowest BCUT2D eigenvalue weighted by Crippen LogP contribution is -2.45. The molecule has 1 fully saturated rings. The Labute approximate surface area is 186 Å². The molecule has 1 unspecified atom stereocenters. The minimum absolute atomic E-state index is 0.0368. The average molecular weight is 459 g/mol. The van der Waals surface area contributed by atoms with E-state index in [-0.39, 0.29) is 22.9 Å². The van der Waals surface area contributed by atoms with Crippen molar-refractivity contribution < 1.29 is 17.6 Å². The van der Waals surface area contributed by atoms with Crippen LogP contribution < -0.4 is 16.0 Å². The number of oxazole rings is 1. The number of nitrogens with one attached hydrogen (secondary N) is 2. The lowest BCUT2D eigenvalue weighted by molar-refractivity contribution is -0.126. The summed E-state index contributed by atoms with van der Waals surface area (Å²) in [7, 11) is 0.110. The Morgan fingerprint density at radius 3 is 2.69 bits per heavy atom. The van der Waals surface area contributed by atoms with Gasteiger partial charge in [-0.05, 0) is 42.7 Å². The van der Waals surface area contributed by atoms with Crippen LogP contribution in [0.1, 0.15) is 18.4 Å². The van der Waals surface area contributed by atoms with Crippen LogP contribution in [-0.4, -0.2) is 50.8 Å². The Kier molecular flexibility index (Phi) is 6.07. The summed E-state index contributed by atoms with van der Waals surface area (Å²) in [4.78, 5) is 28.6. The summed E-state index contributed by atoms with van der Waals surface area (Å²) in [5.41, 5.74) is 2.67. The summed E-state index contributed by atoms with van der Waals surface area (Å²) in [6, 6.07) is 12.2. The van der Waals surface area contributed by atoms with Crippen molar-refractivity contribution in [3.63, 3.8) is 0 Å². The second-order valence-corrected chi connectivity index (χ2v) is 10.1. The van der Waals surface area contributed by atoms with Crippen LogP contribution >= 0.6 is 0 Å². The summed E-state index contributed by atoms with van der Waals surface area (Å²) in [5.74, 6) is -1.22. The lowest BCUT2D eigenvalue weighted by atomic mass is 9.99. The smallest absolute Gasteiger partial charge is 0.408 e. The fraction of sp³-hybridized carbons (Fsp3) is 0.364. The zero-order chi connectivity index (χ0) is 22.9. The third kappa shape index (κ3) is 4.56. The molecule has 2 heterocycles. The highest BCUT2D eigenvalue weighted by atomic mass is 32.2. The molecule has 0 saturated carbocycles. The van der Waals surface area contributed by atoms with Gasteiger partial charge in [0, 0.05) is 45.5 Å². The Hall–Kier alpha value is -3.11. The van der Waals surface area contributed by atoms with E-state index in [1.165, 1.54) is 22.5 Å². The molecular weight excluding hydrogens is 432 g/mol. The van der Waals surface area contributed by atoms with Gasteiger partial charge in [-0.25, -0.2) is 13.2 Å². The van der Waals surface area contributed by atoms with E-state index in [0.717, 1.165) is 11.3 Å². The molecule has 0 aliphatic carbocycles. The number of anilines is 1. The number of sulfonamides is 1. The number of benzene rings is 2. The van der Waals surface area contributed by atoms with E-state index in [0.29, 0.717) is 31.4 Å². The number of nitrogens with zero attached hydrogens (tertiary/aromatic N) is 2. The van der Waals surface area contributed by atoms with Gasteiger partial charge in [0.2, 0.25) is 15.9 Å². The molecule has 1 aliphatic heterocycles. The molecule has 1 aliphatic rings. The minimum Gasteiger partial charge on any atom is -0.408 e. The SMILES string of the molecule is CN(C)c1ccc(CNC(=O)C2CCCN(S(=O)(=O)c3ccc4[nH]c(=O)oc4c3)C2)cc1. The van der Waals surface area contributed by atoms with Crippen molar-refractivity contribution in [2.45, 2.75) is 24.3 Å². The second kappa shape index (κ2) is 8.79. The van der Waals surface area contributed by atoms with Crippen molar-refractivity contribution in [3.05, 3.63) is 58.6 Å². The quantitative estimate of drug-likeness (QED) is 0.583. The highest BCUT2D eigenvalue weighted by Crippen LogP contribution is 2.26. The van der Waals surface area contributed by atoms with Crippen molar-refractivity contribution in [2.24, 2.45) is 5.92 Å². The number of H-pyrrole nitrogens is 1. The molecule has 3 aromatic rings. The standard InChI is InChI=1S/C22H26N4O5S/c1-25(2)17-7-5-15(6-8-17)13-23-21(27)16-4-3-11-26(14-16)32(29,30)18-9-10-19-20(12-18)31-22(28)24-19/h5-10,12,16H,3-4,11,13-14H2,1-2H3,(H,23,27)(H,24,28). The van der Waals surface area contributed by atoms with E-state index < -0.39 is 21.7 Å². The van der Waals surface area contributed by atoms with E-state index in [9.17, 15) is 18.0 Å². The first-order valence-corrected chi connectivity index (χ1v) is 11.8. The molecule has 1 saturated heterocycles. The molecule has 10 heteroatoms. The number of amides is 1. The maximum Gasteiger partial charge on any atom is 0.417 e. The molecule has 9 nitrogen and oxygen atoms in total. The topological polar surface area (TPSA) is 116 Å². The van der Waals surface area contributed by atoms with Crippen LogP contribution in [0.5, 0.6) is 0 Å². The molecule has 1 atom stereocenters. The molecule has 1 amide bonds. The van der Waals surface area contributed by atoms with Gasteiger partial charge in [-0.3, -0.25) is 9.78 Å². The first kappa shape index (κ1) is 22.1. The number of fused-ring (bicyclic) bond motifs is 1. The largest absolute Gasteiger partial charge is 0.417 e. The lowest BCUT2D eigenvalue weighted by Gasteiger charge is -2.31. The highest BCUT2D eigenvalue weighted by Gasteiger charge is 2.33. The Balaban J connectivity index is 1.42. The predicted molar refractivity (Wildman–Crippen MR) is 121 cm³/mol. The van der Waals surface area contributed by atoms with Gasteiger partial charge in [0.05, 0.1) is 16.3 Å². The zero-order valence-electron chi connectivity index (χ0n) is 18.0. The van der Waals surface area contributed by atoms with Gasteiger partial charge in [-0.2, -0.15) is 4.31 Å². The molecule has 2 N–H and O–H groups in total. The molecule has 1 aromatic heterocycles.